The number of allylic oxidation sites excluding steroid dienone is 3. The van der Waals surface area contributed by atoms with Crippen LogP contribution in [0.2, 0.25) is 5.02 Å². The predicted octanol–water partition coefficient (Wildman–Crippen LogP) is -2.33. The van der Waals surface area contributed by atoms with Crippen molar-refractivity contribution in [2.75, 3.05) is 5.73 Å². The number of anilines is 1. The Morgan fingerprint density at radius 1 is 1.42 bits per heavy atom. The normalized spacial score (nSPS) is 11.7. The first kappa shape index (κ1) is 14.5. The summed E-state index contributed by atoms with van der Waals surface area (Å²) in [6.07, 6.45) is 2.92. The number of carbonyl (C=O) groups excluding carboxylic acids is 2. The van der Waals surface area contributed by atoms with Crippen LogP contribution in [0.15, 0.2) is 35.0 Å². The standard InChI is InChI=1S/C10H8ClN3O5/c11-8-5(12)4-13-14(10(8)19)9(18)6(15)2-1-3-7(16)17/h1-4,15H,12H2,(H,16,17)/p-2/b3-1+,6-2-. The van der Waals surface area contributed by atoms with Crippen LogP contribution in [-0.2, 0) is 4.79 Å². The maximum absolute atomic E-state index is 11.5. The van der Waals surface area contributed by atoms with E-state index in [4.69, 9.17) is 17.3 Å². The monoisotopic (exact) mass is 283 g/mol. The average molecular weight is 284 g/mol. The summed E-state index contributed by atoms with van der Waals surface area (Å²) in [6.45, 7) is 0. The third-order valence-electron chi connectivity index (χ3n) is 1.83. The van der Waals surface area contributed by atoms with E-state index in [0.29, 0.717) is 12.2 Å². The van der Waals surface area contributed by atoms with Gasteiger partial charge in [-0.05, 0) is 11.8 Å². The van der Waals surface area contributed by atoms with Crippen molar-refractivity contribution in [3.05, 3.63) is 45.6 Å². The van der Waals surface area contributed by atoms with Crippen LogP contribution in [0.25, 0.3) is 0 Å². The van der Waals surface area contributed by atoms with Gasteiger partial charge >= 0.3 is 0 Å². The van der Waals surface area contributed by atoms with Gasteiger partial charge < -0.3 is 20.7 Å². The number of halogens is 1. The van der Waals surface area contributed by atoms with Crippen LogP contribution in [-0.4, -0.2) is 21.7 Å². The molecule has 0 radical (unpaired) electrons. The number of nitrogens with zero attached hydrogens (tertiary/aromatic N) is 2. The zero-order valence-electron chi connectivity index (χ0n) is 9.20. The highest BCUT2D eigenvalue weighted by molar-refractivity contribution is 6.32. The maximum Gasteiger partial charge on any atom is 0.295 e. The summed E-state index contributed by atoms with van der Waals surface area (Å²) in [5, 5.41) is 24.3. The van der Waals surface area contributed by atoms with Gasteiger partial charge in [0.15, 0.2) is 0 Å². The summed E-state index contributed by atoms with van der Waals surface area (Å²) in [5.74, 6) is -4.00. The molecular weight excluding hydrogens is 278 g/mol. The Bertz CT molecular complexity index is 647. The number of carbonyl (C=O) groups is 2. The molecule has 2 N–H and O–H groups in total. The molecule has 0 saturated heterocycles. The van der Waals surface area contributed by atoms with Gasteiger partial charge in [0, 0.05) is 0 Å². The van der Waals surface area contributed by atoms with Gasteiger partial charge in [-0.2, -0.15) is 9.78 Å². The predicted molar refractivity (Wildman–Crippen MR) is 60.8 cm³/mol. The minimum absolute atomic E-state index is 0.135. The van der Waals surface area contributed by atoms with Crippen molar-refractivity contribution in [2.45, 2.75) is 0 Å². The zero-order chi connectivity index (χ0) is 14.6. The second-order valence-electron chi connectivity index (χ2n) is 3.15. The number of nitrogens with two attached hydrogens (primary N) is 1. The summed E-state index contributed by atoms with van der Waals surface area (Å²) in [7, 11) is 0. The van der Waals surface area contributed by atoms with Gasteiger partial charge in [0.25, 0.3) is 11.5 Å². The highest BCUT2D eigenvalue weighted by atomic mass is 35.5. The van der Waals surface area contributed by atoms with Gasteiger partial charge in [-0.25, -0.2) is 0 Å². The molecule has 0 aliphatic carbocycles. The molecule has 8 nitrogen and oxygen atoms in total. The molecule has 100 valence electrons. The number of aromatic nitrogens is 2. The fraction of sp³-hybridized carbons (Fsp3) is 0. The highest BCUT2D eigenvalue weighted by Crippen LogP contribution is 2.09. The van der Waals surface area contributed by atoms with Crippen LogP contribution in [0.4, 0.5) is 5.69 Å². The second kappa shape index (κ2) is 5.83. The summed E-state index contributed by atoms with van der Waals surface area (Å²) in [6, 6.07) is 0. The number of carboxylic acids is 1. The minimum atomic E-state index is -1.54. The average Bonchev–Trinajstić information content (AvgIpc) is 2.35. The molecule has 0 fully saturated rings. The first-order valence-corrected chi connectivity index (χ1v) is 5.06. The van der Waals surface area contributed by atoms with Crippen molar-refractivity contribution in [1.29, 1.82) is 0 Å². The second-order valence-corrected chi connectivity index (χ2v) is 3.52. The van der Waals surface area contributed by atoms with Crippen molar-refractivity contribution in [1.82, 2.24) is 9.78 Å². The lowest BCUT2D eigenvalue weighted by Gasteiger charge is -2.10. The van der Waals surface area contributed by atoms with E-state index < -0.39 is 28.2 Å². The fourth-order valence-corrected chi connectivity index (χ4v) is 1.11. The molecule has 9 heteroatoms. The number of nitrogen functional groups attached to an aromatic ring is 1. The van der Waals surface area contributed by atoms with Crippen molar-refractivity contribution in [3.63, 3.8) is 0 Å². The van der Waals surface area contributed by atoms with Crippen molar-refractivity contribution >= 4 is 29.2 Å². The third-order valence-corrected chi connectivity index (χ3v) is 2.21. The highest BCUT2D eigenvalue weighted by Gasteiger charge is 2.12. The number of carboxylic acid groups (broad SMARTS) is 1. The summed E-state index contributed by atoms with van der Waals surface area (Å²) >= 11 is 5.51. The molecule has 1 heterocycles. The van der Waals surface area contributed by atoms with Gasteiger partial charge in [0.05, 0.1) is 17.9 Å². The van der Waals surface area contributed by atoms with E-state index in [9.17, 15) is 24.6 Å². The van der Waals surface area contributed by atoms with Gasteiger partial charge in [0.2, 0.25) is 0 Å². The topological polar surface area (TPSA) is 141 Å². The summed E-state index contributed by atoms with van der Waals surface area (Å²) in [5.41, 5.74) is 4.10. The smallest absolute Gasteiger partial charge is 0.295 e. The Morgan fingerprint density at radius 3 is 2.63 bits per heavy atom. The van der Waals surface area contributed by atoms with Crippen molar-refractivity contribution < 1.29 is 19.8 Å². The Balaban J connectivity index is 3.11. The number of aliphatic carboxylic acids is 1. The molecule has 0 aliphatic rings. The Morgan fingerprint density at radius 2 is 2.05 bits per heavy atom. The molecule has 1 aromatic heterocycles. The Labute approximate surface area is 111 Å². The third kappa shape index (κ3) is 3.42. The molecule has 19 heavy (non-hydrogen) atoms. The molecule has 0 unspecified atom stereocenters. The zero-order valence-corrected chi connectivity index (χ0v) is 9.96. The van der Waals surface area contributed by atoms with Crippen LogP contribution in [0.3, 0.4) is 0 Å². The van der Waals surface area contributed by atoms with E-state index in [-0.39, 0.29) is 10.4 Å². The Hall–Kier alpha value is -2.61. The van der Waals surface area contributed by atoms with E-state index in [2.05, 4.69) is 5.10 Å². The van der Waals surface area contributed by atoms with E-state index in [1.165, 1.54) is 0 Å². The van der Waals surface area contributed by atoms with Gasteiger partial charge in [-0.15, -0.1) is 0 Å². The first-order chi connectivity index (χ1) is 8.84. The van der Waals surface area contributed by atoms with E-state index in [1.54, 1.807) is 0 Å². The van der Waals surface area contributed by atoms with E-state index in [0.717, 1.165) is 12.3 Å². The van der Waals surface area contributed by atoms with Crippen LogP contribution in [0.1, 0.15) is 4.79 Å². The van der Waals surface area contributed by atoms with Crippen molar-refractivity contribution in [3.8, 4) is 0 Å². The molecule has 0 spiro atoms. The number of rotatable bonds is 3. The summed E-state index contributed by atoms with van der Waals surface area (Å²) in [4.78, 5) is 33.1. The lowest BCUT2D eigenvalue weighted by atomic mass is 10.3. The first-order valence-electron chi connectivity index (χ1n) is 4.69. The SMILES string of the molecule is Nc1cnn(C(=O)/C([O-])=C/C=C/C(=O)[O-])c(=O)c1Cl. The molecule has 0 saturated carbocycles. The van der Waals surface area contributed by atoms with Crippen LogP contribution in [0, 0.1) is 0 Å². The minimum Gasteiger partial charge on any atom is -0.869 e. The number of hydrogen-bond donors (Lipinski definition) is 1. The van der Waals surface area contributed by atoms with E-state index in [1.807, 2.05) is 0 Å². The lowest BCUT2D eigenvalue weighted by Crippen LogP contribution is -2.34. The quantitative estimate of drug-likeness (QED) is 0.372. The maximum atomic E-state index is 11.5. The van der Waals surface area contributed by atoms with E-state index >= 15 is 0 Å². The largest absolute Gasteiger partial charge is 0.869 e. The molecule has 1 aromatic rings. The molecule has 1 rings (SSSR count). The van der Waals surface area contributed by atoms with Gasteiger partial charge in [-0.3, -0.25) is 9.59 Å². The Kier molecular flexibility index (Phi) is 4.43. The van der Waals surface area contributed by atoms with Crippen LogP contribution < -0.4 is 21.5 Å². The molecule has 0 aliphatic heterocycles. The van der Waals surface area contributed by atoms with Gasteiger partial charge in [-0.1, -0.05) is 23.8 Å². The molecule has 0 aromatic carbocycles. The fourth-order valence-electron chi connectivity index (χ4n) is 0.980. The summed E-state index contributed by atoms with van der Waals surface area (Å²) < 4.78 is 0.227. The lowest BCUT2D eigenvalue weighted by molar-refractivity contribution is -0.297. The van der Waals surface area contributed by atoms with Gasteiger partial charge in [0.1, 0.15) is 5.02 Å². The molecular formula is C10H6ClN3O5-2. The molecule has 0 bridgehead atoms. The van der Waals surface area contributed by atoms with Crippen LogP contribution >= 0.6 is 11.6 Å². The van der Waals surface area contributed by atoms with Crippen molar-refractivity contribution in [2.24, 2.45) is 0 Å². The molecule has 0 amide bonds. The van der Waals surface area contributed by atoms with Crippen LogP contribution in [0.5, 0.6) is 0 Å². The number of hydrogen-bond acceptors (Lipinski definition) is 7. The molecule has 0 atom stereocenters.